The average molecular weight is 348 g/mol. The fraction of sp³-hybridized carbons (Fsp3) is 0.316. The lowest BCUT2D eigenvalue weighted by Crippen LogP contribution is -2.38. The summed E-state index contributed by atoms with van der Waals surface area (Å²) in [5, 5.41) is 3.63. The second kappa shape index (κ2) is 9.18. The molecule has 0 aliphatic heterocycles. The molecule has 0 aliphatic carbocycles. The monoisotopic (exact) mass is 347 g/mol. The third-order valence-electron chi connectivity index (χ3n) is 3.61. The lowest BCUT2D eigenvalue weighted by atomic mass is 10.1. The number of benzene rings is 2. The maximum absolute atomic E-state index is 12.3. The minimum atomic E-state index is -0.526. The molecule has 1 N–H and O–H groups in total. The van der Waals surface area contributed by atoms with Crippen LogP contribution >= 0.6 is 11.6 Å². The van der Waals surface area contributed by atoms with Crippen LogP contribution < -0.4 is 14.8 Å². The molecule has 0 aromatic heterocycles. The number of hydrogen-bond donors (Lipinski definition) is 1. The highest BCUT2D eigenvalue weighted by Gasteiger charge is 2.18. The van der Waals surface area contributed by atoms with Gasteiger partial charge in [-0.15, -0.1) is 0 Å². The largest absolute Gasteiger partial charge is 0.497 e. The Morgan fingerprint density at radius 2 is 1.88 bits per heavy atom. The van der Waals surface area contributed by atoms with E-state index in [9.17, 15) is 4.79 Å². The Bertz CT molecular complexity index is 658. The van der Waals surface area contributed by atoms with Gasteiger partial charge in [-0.1, -0.05) is 36.7 Å². The Hall–Kier alpha value is -2.20. The zero-order valence-electron chi connectivity index (χ0n) is 13.9. The molecular formula is C19H22ClNO3. The van der Waals surface area contributed by atoms with Crippen molar-refractivity contribution in [3.05, 3.63) is 59.1 Å². The van der Waals surface area contributed by atoms with E-state index in [1.165, 1.54) is 0 Å². The van der Waals surface area contributed by atoms with E-state index in [0.29, 0.717) is 29.5 Å². The van der Waals surface area contributed by atoms with Gasteiger partial charge in [0.1, 0.15) is 11.5 Å². The number of amides is 1. The van der Waals surface area contributed by atoms with Crippen molar-refractivity contribution in [3.8, 4) is 11.5 Å². The van der Waals surface area contributed by atoms with Crippen molar-refractivity contribution in [2.75, 3.05) is 13.7 Å². The van der Waals surface area contributed by atoms with Crippen LogP contribution in [-0.4, -0.2) is 25.7 Å². The van der Waals surface area contributed by atoms with Gasteiger partial charge in [0.15, 0.2) is 6.10 Å². The number of carbonyl (C=O) groups excluding carboxylic acids is 1. The highest BCUT2D eigenvalue weighted by atomic mass is 35.5. The molecule has 2 rings (SSSR count). The van der Waals surface area contributed by atoms with Crippen molar-refractivity contribution < 1.29 is 14.3 Å². The fourth-order valence-electron chi connectivity index (χ4n) is 2.26. The third kappa shape index (κ3) is 5.46. The Kier molecular flexibility index (Phi) is 6.94. The molecular weight excluding hydrogens is 326 g/mol. The van der Waals surface area contributed by atoms with Gasteiger partial charge in [-0.2, -0.15) is 0 Å². The molecule has 0 saturated heterocycles. The first kappa shape index (κ1) is 18.1. The smallest absolute Gasteiger partial charge is 0.261 e. The second-order valence-corrected chi connectivity index (χ2v) is 5.80. The van der Waals surface area contributed by atoms with Crippen molar-refractivity contribution in [2.24, 2.45) is 0 Å². The van der Waals surface area contributed by atoms with Gasteiger partial charge in [-0.05, 0) is 42.7 Å². The standard InChI is InChI=1S/C19H22ClNO3/c1-3-18(24-17-6-4-5-16(13-17)23-2)19(22)21-12-11-14-7-9-15(20)10-8-14/h4-10,13,18H,3,11-12H2,1-2H3,(H,21,22)/t18-/m0/s1. The number of methoxy groups -OCH3 is 1. The van der Waals surface area contributed by atoms with Crippen LogP contribution in [0.3, 0.4) is 0 Å². The lowest BCUT2D eigenvalue weighted by molar-refractivity contribution is -0.128. The van der Waals surface area contributed by atoms with Crippen LogP contribution in [0.25, 0.3) is 0 Å². The molecule has 0 bridgehead atoms. The van der Waals surface area contributed by atoms with E-state index in [2.05, 4.69) is 5.32 Å². The first-order chi connectivity index (χ1) is 11.6. The van der Waals surface area contributed by atoms with Crippen LogP contribution in [0.5, 0.6) is 11.5 Å². The highest BCUT2D eigenvalue weighted by Crippen LogP contribution is 2.20. The van der Waals surface area contributed by atoms with Gasteiger partial charge in [0.25, 0.3) is 5.91 Å². The number of halogens is 1. The van der Waals surface area contributed by atoms with Gasteiger partial charge < -0.3 is 14.8 Å². The van der Waals surface area contributed by atoms with Crippen molar-refractivity contribution >= 4 is 17.5 Å². The van der Waals surface area contributed by atoms with E-state index in [-0.39, 0.29) is 5.91 Å². The Morgan fingerprint density at radius 1 is 1.17 bits per heavy atom. The minimum Gasteiger partial charge on any atom is -0.497 e. The Morgan fingerprint density at radius 3 is 2.54 bits per heavy atom. The lowest BCUT2D eigenvalue weighted by Gasteiger charge is -2.17. The zero-order chi connectivity index (χ0) is 17.4. The van der Waals surface area contributed by atoms with Crippen LogP contribution in [0, 0.1) is 0 Å². The summed E-state index contributed by atoms with van der Waals surface area (Å²) < 4.78 is 10.9. The first-order valence-electron chi connectivity index (χ1n) is 7.95. The number of carbonyl (C=O) groups is 1. The molecule has 24 heavy (non-hydrogen) atoms. The van der Waals surface area contributed by atoms with E-state index in [1.54, 1.807) is 13.2 Å². The number of ether oxygens (including phenoxy) is 2. The fourth-order valence-corrected chi connectivity index (χ4v) is 2.38. The molecule has 5 heteroatoms. The molecule has 0 saturated carbocycles. The van der Waals surface area contributed by atoms with E-state index >= 15 is 0 Å². The van der Waals surface area contributed by atoms with Gasteiger partial charge in [0.05, 0.1) is 7.11 Å². The molecule has 4 nitrogen and oxygen atoms in total. The van der Waals surface area contributed by atoms with Gasteiger partial charge in [0.2, 0.25) is 0 Å². The predicted octanol–water partition coefficient (Wildman–Crippen LogP) is 3.86. The zero-order valence-corrected chi connectivity index (χ0v) is 14.7. The molecule has 128 valence electrons. The van der Waals surface area contributed by atoms with Crippen LogP contribution in [-0.2, 0) is 11.2 Å². The Balaban J connectivity index is 1.85. The number of hydrogen-bond acceptors (Lipinski definition) is 3. The summed E-state index contributed by atoms with van der Waals surface area (Å²) in [5.74, 6) is 1.20. The molecule has 0 radical (unpaired) electrons. The topological polar surface area (TPSA) is 47.6 Å². The van der Waals surface area contributed by atoms with Crippen LogP contribution in [0.15, 0.2) is 48.5 Å². The minimum absolute atomic E-state index is 0.116. The van der Waals surface area contributed by atoms with Gasteiger partial charge in [-0.25, -0.2) is 0 Å². The summed E-state index contributed by atoms with van der Waals surface area (Å²) in [4.78, 5) is 12.3. The van der Waals surface area contributed by atoms with Gasteiger partial charge in [0, 0.05) is 17.6 Å². The molecule has 0 fully saturated rings. The number of nitrogens with one attached hydrogen (secondary N) is 1. The molecule has 0 heterocycles. The highest BCUT2D eigenvalue weighted by molar-refractivity contribution is 6.30. The molecule has 1 amide bonds. The summed E-state index contributed by atoms with van der Waals surface area (Å²) in [6.45, 7) is 2.47. The summed E-state index contributed by atoms with van der Waals surface area (Å²) in [7, 11) is 1.60. The quantitative estimate of drug-likeness (QED) is 0.788. The number of rotatable bonds is 8. The molecule has 0 aliphatic rings. The van der Waals surface area contributed by atoms with Crippen LogP contribution in [0.1, 0.15) is 18.9 Å². The molecule has 0 unspecified atom stereocenters. The molecule has 2 aromatic rings. The van der Waals surface area contributed by atoms with Gasteiger partial charge >= 0.3 is 0 Å². The van der Waals surface area contributed by atoms with Crippen molar-refractivity contribution in [3.63, 3.8) is 0 Å². The summed E-state index contributed by atoms with van der Waals surface area (Å²) >= 11 is 5.86. The summed E-state index contributed by atoms with van der Waals surface area (Å²) in [5.41, 5.74) is 1.13. The van der Waals surface area contributed by atoms with E-state index in [0.717, 1.165) is 12.0 Å². The molecule has 0 spiro atoms. The van der Waals surface area contributed by atoms with Crippen LogP contribution in [0.4, 0.5) is 0 Å². The van der Waals surface area contributed by atoms with E-state index < -0.39 is 6.10 Å². The predicted molar refractivity (Wildman–Crippen MR) is 95.9 cm³/mol. The van der Waals surface area contributed by atoms with Crippen molar-refractivity contribution in [1.82, 2.24) is 5.32 Å². The van der Waals surface area contributed by atoms with Crippen molar-refractivity contribution in [1.29, 1.82) is 0 Å². The van der Waals surface area contributed by atoms with E-state index in [4.69, 9.17) is 21.1 Å². The van der Waals surface area contributed by atoms with Crippen molar-refractivity contribution in [2.45, 2.75) is 25.9 Å². The molecule has 2 aromatic carbocycles. The normalized spacial score (nSPS) is 11.6. The first-order valence-corrected chi connectivity index (χ1v) is 8.33. The SMILES string of the molecule is CC[C@H](Oc1cccc(OC)c1)C(=O)NCCc1ccc(Cl)cc1. The summed E-state index contributed by atoms with van der Waals surface area (Å²) in [6.07, 6.45) is 0.810. The second-order valence-electron chi connectivity index (χ2n) is 5.36. The van der Waals surface area contributed by atoms with Gasteiger partial charge in [-0.3, -0.25) is 4.79 Å². The third-order valence-corrected chi connectivity index (χ3v) is 3.86. The summed E-state index contributed by atoms with van der Waals surface area (Å²) in [6, 6.07) is 14.9. The average Bonchev–Trinajstić information content (AvgIpc) is 2.61. The van der Waals surface area contributed by atoms with Crippen LogP contribution in [0.2, 0.25) is 5.02 Å². The Labute approximate surface area is 147 Å². The van der Waals surface area contributed by atoms with E-state index in [1.807, 2.05) is 49.4 Å². The maximum Gasteiger partial charge on any atom is 0.261 e. The maximum atomic E-state index is 12.3. The molecule has 1 atom stereocenters.